The Balaban J connectivity index is 1.52. The van der Waals surface area contributed by atoms with E-state index in [-0.39, 0.29) is 47.7 Å². The molecule has 0 bridgehead atoms. The minimum absolute atomic E-state index is 0.109. The molecule has 0 saturated heterocycles. The summed E-state index contributed by atoms with van der Waals surface area (Å²) in [6.07, 6.45) is -3.53. The van der Waals surface area contributed by atoms with Gasteiger partial charge in [-0.1, -0.05) is 12.1 Å². The molecule has 0 saturated carbocycles. The Morgan fingerprint density at radius 1 is 1.05 bits per heavy atom. The Morgan fingerprint density at radius 2 is 1.79 bits per heavy atom. The van der Waals surface area contributed by atoms with Crippen LogP contribution in [0.1, 0.15) is 44.6 Å². The number of hydrogen-bond acceptors (Lipinski definition) is 5. The molecular formula is C29H23F6N5O3. The Hall–Kier alpha value is -4.72. The normalized spacial score (nSPS) is 13.5. The number of ether oxygens (including phenoxy) is 1. The highest BCUT2D eigenvalue weighted by molar-refractivity contribution is 5.95. The average Bonchev–Trinajstić information content (AvgIpc) is 3.56. The summed E-state index contributed by atoms with van der Waals surface area (Å²) >= 11 is 0. The number of fused-ring (bicyclic) bond motifs is 1. The number of carbonyl (C=O) groups excluding carboxylic acids is 2. The van der Waals surface area contributed by atoms with Crippen LogP contribution >= 0.6 is 0 Å². The minimum Gasteiger partial charge on any atom is -0.370 e. The van der Waals surface area contributed by atoms with Crippen LogP contribution in [0.15, 0.2) is 54.7 Å². The zero-order valence-corrected chi connectivity index (χ0v) is 22.4. The number of aromatic nitrogens is 3. The van der Waals surface area contributed by atoms with Gasteiger partial charge < -0.3 is 15.4 Å². The van der Waals surface area contributed by atoms with Gasteiger partial charge in [0.2, 0.25) is 5.91 Å². The highest BCUT2D eigenvalue weighted by atomic mass is 19.4. The molecule has 5 rings (SSSR count). The van der Waals surface area contributed by atoms with Crippen molar-refractivity contribution in [2.75, 3.05) is 7.05 Å². The fourth-order valence-corrected chi connectivity index (χ4v) is 4.95. The third kappa shape index (κ3) is 6.38. The second-order valence-corrected chi connectivity index (χ2v) is 9.73. The fraction of sp³-hybridized carbons (Fsp3) is 0.241. The molecule has 0 radical (unpaired) electrons. The first kappa shape index (κ1) is 29.8. The van der Waals surface area contributed by atoms with E-state index in [4.69, 9.17) is 4.74 Å². The first-order valence-electron chi connectivity index (χ1n) is 12.9. The number of rotatable bonds is 8. The van der Waals surface area contributed by atoms with E-state index >= 15 is 0 Å². The van der Waals surface area contributed by atoms with Crippen LogP contribution in [0.4, 0.5) is 26.3 Å². The van der Waals surface area contributed by atoms with Crippen LogP contribution in [-0.4, -0.2) is 33.6 Å². The van der Waals surface area contributed by atoms with E-state index in [2.05, 4.69) is 20.7 Å². The van der Waals surface area contributed by atoms with Gasteiger partial charge in [-0.3, -0.25) is 19.3 Å². The molecule has 4 aromatic rings. The van der Waals surface area contributed by atoms with Crippen molar-refractivity contribution in [3.05, 3.63) is 106 Å². The molecule has 14 heteroatoms. The molecule has 1 atom stereocenters. The van der Waals surface area contributed by atoms with Gasteiger partial charge in [0.1, 0.15) is 24.0 Å². The lowest BCUT2D eigenvalue weighted by atomic mass is 9.94. The number of nitrogens with zero attached hydrogens (tertiary/aromatic N) is 3. The number of hydrogen-bond donors (Lipinski definition) is 2. The lowest BCUT2D eigenvalue weighted by Gasteiger charge is -2.22. The second kappa shape index (κ2) is 11.9. The monoisotopic (exact) mass is 603 g/mol. The topological polar surface area (TPSA) is 98.1 Å². The molecule has 43 heavy (non-hydrogen) atoms. The number of nitrogens with one attached hydrogen (secondary N) is 2. The van der Waals surface area contributed by atoms with Crippen LogP contribution in [0.25, 0.3) is 11.1 Å². The SMILES string of the molecule is CNC(=O)c1cc(-c2cccnc2[C@H](Cc2cc(F)cc(F)c2)NC(=O)Cn2nc(C(F)(F)F)c3c2COC3)ccc1F. The molecule has 2 aromatic heterocycles. The molecule has 3 heterocycles. The largest absolute Gasteiger partial charge is 0.435 e. The van der Waals surface area contributed by atoms with Crippen LogP contribution in [0.3, 0.4) is 0 Å². The van der Waals surface area contributed by atoms with Crippen LogP contribution in [-0.2, 0) is 41.9 Å². The van der Waals surface area contributed by atoms with Crippen LogP contribution in [0.2, 0.25) is 0 Å². The molecule has 2 N–H and O–H groups in total. The highest BCUT2D eigenvalue weighted by Crippen LogP contribution is 2.36. The first-order valence-corrected chi connectivity index (χ1v) is 12.9. The van der Waals surface area contributed by atoms with Gasteiger partial charge in [0.15, 0.2) is 5.69 Å². The summed E-state index contributed by atoms with van der Waals surface area (Å²) in [4.78, 5) is 29.9. The molecule has 0 fully saturated rings. The van der Waals surface area contributed by atoms with Gasteiger partial charge in [0.25, 0.3) is 5.91 Å². The van der Waals surface area contributed by atoms with Crippen molar-refractivity contribution in [1.29, 1.82) is 0 Å². The number of carbonyl (C=O) groups is 2. The molecule has 2 aromatic carbocycles. The van der Waals surface area contributed by atoms with Gasteiger partial charge in [0.05, 0.1) is 36.2 Å². The van der Waals surface area contributed by atoms with Crippen molar-refractivity contribution in [2.45, 2.75) is 38.4 Å². The number of pyridine rings is 1. The van der Waals surface area contributed by atoms with E-state index in [1.165, 1.54) is 25.4 Å². The standard InChI is InChI=1S/C29H23F6N5O3/c1-36-28(42)20-10-16(4-5-22(20)32)19-3-2-6-37-26(19)23(9-15-7-17(30)11-18(31)8-15)38-25(41)12-40-24-14-43-13-21(24)27(39-40)29(33,34)35/h2-8,10-11,23H,9,12-14H2,1H3,(H,36,42)(H,38,41)/t23-/m0/s1. The molecule has 0 aliphatic carbocycles. The summed E-state index contributed by atoms with van der Waals surface area (Å²) in [7, 11) is 1.34. The number of alkyl halides is 3. The van der Waals surface area contributed by atoms with Gasteiger partial charge in [-0.05, 0) is 47.9 Å². The predicted octanol–water partition coefficient (Wildman–Crippen LogP) is 4.87. The van der Waals surface area contributed by atoms with Crippen LogP contribution in [0, 0.1) is 17.5 Å². The molecule has 0 unspecified atom stereocenters. The Bertz CT molecular complexity index is 1680. The van der Waals surface area contributed by atoms with Crippen molar-refractivity contribution >= 4 is 11.8 Å². The number of halogens is 6. The molecular weight excluding hydrogens is 580 g/mol. The van der Waals surface area contributed by atoms with Gasteiger partial charge in [-0.2, -0.15) is 18.3 Å². The first-order chi connectivity index (χ1) is 20.4. The third-order valence-corrected chi connectivity index (χ3v) is 6.83. The zero-order valence-electron chi connectivity index (χ0n) is 22.4. The number of amides is 2. The molecule has 1 aliphatic rings. The molecule has 224 valence electrons. The smallest absolute Gasteiger partial charge is 0.370 e. The quantitative estimate of drug-likeness (QED) is 0.280. The maximum absolute atomic E-state index is 14.4. The Labute approximate surface area is 240 Å². The van der Waals surface area contributed by atoms with E-state index in [0.717, 1.165) is 22.9 Å². The average molecular weight is 604 g/mol. The fourth-order valence-electron chi connectivity index (χ4n) is 4.95. The van der Waals surface area contributed by atoms with Gasteiger partial charge in [0, 0.05) is 30.4 Å². The Kier molecular flexibility index (Phi) is 8.22. The van der Waals surface area contributed by atoms with Crippen LogP contribution in [0.5, 0.6) is 0 Å². The predicted molar refractivity (Wildman–Crippen MR) is 140 cm³/mol. The summed E-state index contributed by atoms with van der Waals surface area (Å²) < 4.78 is 89.1. The zero-order chi connectivity index (χ0) is 30.9. The van der Waals surface area contributed by atoms with E-state index in [9.17, 15) is 35.9 Å². The summed E-state index contributed by atoms with van der Waals surface area (Å²) in [5, 5.41) is 8.65. The molecule has 0 spiro atoms. The third-order valence-electron chi connectivity index (χ3n) is 6.83. The summed E-state index contributed by atoms with van der Waals surface area (Å²) in [5.41, 5.74) is -0.378. The van der Waals surface area contributed by atoms with Crippen molar-refractivity contribution in [3.63, 3.8) is 0 Å². The maximum atomic E-state index is 14.4. The van der Waals surface area contributed by atoms with Crippen molar-refractivity contribution in [3.8, 4) is 11.1 Å². The maximum Gasteiger partial charge on any atom is 0.435 e. The number of benzene rings is 2. The summed E-state index contributed by atoms with van der Waals surface area (Å²) in [6, 6.07) is 8.69. The van der Waals surface area contributed by atoms with E-state index in [1.54, 1.807) is 12.1 Å². The lowest BCUT2D eigenvalue weighted by Crippen LogP contribution is -2.34. The second-order valence-electron chi connectivity index (χ2n) is 9.73. The van der Waals surface area contributed by atoms with Crippen LogP contribution < -0.4 is 10.6 Å². The highest BCUT2D eigenvalue weighted by Gasteiger charge is 2.41. The molecule has 1 aliphatic heterocycles. The minimum atomic E-state index is -4.75. The van der Waals surface area contributed by atoms with Crippen molar-refractivity contribution < 1.29 is 40.7 Å². The van der Waals surface area contributed by atoms with E-state index in [0.29, 0.717) is 17.2 Å². The van der Waals surface area contributed by atoms with Crippen molar-refractivity contribution in [2.24, 2.45) is 0 Å². The lowest BCUT2D eigenvalue weighted by molar-refractivity contribution is -0.143. The van der Waals surface area contributed by atoms with Gasteiger partial charge in [-0.25, -0.2) is 13.2 Å². The summed E-state index contributed by atoms with van der Waals surface area (Å²) in [6.45, 7) is -1.08. The van der Waals surface area contributed by atoms with E-state index in [1.807, 2.05) is 0 Å². The van der Waals surface area contributed by atoms with Gasteiger partial charge in [-0.15, -0.1) is 0 Å². The summed E-state index contributed by atoms with van der Waals surface area (Å²) in [5.74, 6) is -3.94. The van der Waals surface area contributed by atoms with E-state index < -0.39 is 53.7 Å². The van der Waals surface area contributed by atoms with Gasteiger partial charge >= 0.3 is 6.18 Å². The Morgan fingerprint density at radius 3 is 2.49 bits per heavy atom. The van der Waals surface area contributed by atoms with Crippen molar-refractivity contribution in [1.82, 2.24) is 25.4 Å². The molecule has 8 nitrogen and oxygen atoms in total. The molecule has 2 amide bonds.